The van der Waals surface area contributed by atoms with E-state index in [-0.39, 0.29) is 16.7 Å². The van der Waals surface area contributed by atoms with Gasteiger partial charge in [-0.05, 0) is 37.1 Å². The highest BCUT2D eigenvalue weighted by Gasteiger charge is 2.30. The molecule has 0 atom stereocenters. The molecule has 218 valence electrons. The molecule has 2 heterocycles. The number of aryl methyl sites for hydroxylation is 1. The second-order valence-corrected chi connectivity index (χ2v) is 8.67. The summed E-state index contributed by atoms with van der Waals surface area (Å²) in [6.45, 7) is 2.46. The van der Waals surface area contributed by atoms with Crippen LogP contribution < -0.4 is 10.1 Å². The molecule has 1 N–H and O–H groups in total. The molecule has 0 aliphatic heterocycles. The number of ether oxygens (including phenoxy) is 1. The molecule has 2 aromatic carbocycles. The molecule has 0 aliphatic carbocycles. The van der Waals surface area contributed by atoms with E-state index in [9.17, 15) is 22.0 Å². The van der Waals surface area contributed by atoms with Crippen molar-refractivity contribution in [1.82, 2.24) is 15.0 Å². The molecule has 4 aromatic rings. The summed E-state index contributed by atoms with van der Waals surface area (Å²) in [6.07, 6.45) is -5.02. The Balaban J connectivity index is 0.000000447. The summed E-state index contributed by atoms with van der Waals surface area (Å²) in [5, 5.41) is 2.66. The Hall–Kier alpha value is -4.17. The Bertz CT molecular complexity index is 1470. The van der Waals surface area contributed by atoms with E-state index in [1.54, 1.807) is 24.3 Å². The Morgan fingerprint density at radius 1 is 0.927 bits per heavy atom. The van der Waals surface area contributed by atoms with Gasteiger partial charge in [0, 0.05) is 18.8 Å². The van der Waals surface area contributed by atoms with Crippen LogP contribution in [0, 0.1) is 6.92 Å². The number of anilines is 1. The third-order valence-corrected chi connectivity index (χ3v) is 5.25. The quantitative estimate of drug-likeness (QED) is 0.223. The van der Waals surface area contributed by atoms with Gasteiger partial charge >= 0.3 is 16.8 Å². The lowest BCUT2D eigenvalue weighted by Gasteiger charge is -2.10. The summed E-state index contributed by atoms with van der Waals surface area (Å²) in [5.74, 6) is 0.556. The summed E-state index contributed by atoms with van der Waals surface area (Å²) in [6, 6.07) is 19.1. The van der Waals surface area contributed by atoms with Crippen LogP contribution in [0.25, 0.3) is 0 Å². The molecule has 0 saturated heterocycles. The zero-order valence-electron chi connectivity index (χ0n) is 21.1. The number of hydrogen-bond donors (Lipinski definition) is 1. The molecule has 41 heavy (non-hydrogen) atoms. The van der Waals surface area contributed by atoms with E-state index in [1.807, 2.05) is 18.2 Å². The lowest BCUT2D eigenvalue weighted by Crippen LogP contribution is -2.08. The number of alkyl halides is 5. The highest BCUT2D eigenvalue weighted by atomic mass is 35.5. The van der Waals surface area contributed by atoms with Gasteiger partial charge < -0.3 is 10.1 Å². The fraction of sp³-hybridized carbons (Fsp3) is 0.192. The van der Waals surface area contributed by atoms with E-state index in [0.29, 0.717) is 24.9 Å². The largest absolute Gasteiger partial charge is 0.439 e. The van der Waals surface area contributed by atoms with Gasteiger partial charge in [-0.2, -0.15) is 13.2 Å². The van der Waals surface area contributed by atoms with Crippen molar-refractivity contribution in [2.24, 2.45) is 0 Å². The fourth-order valence-electron chi connectivity index (χ4n) is 2.97. The van der Waals surface area contributed by atoms with E-state index in [0.717, 1.165) is 24.0 Å². The van der Waals surface area contributed by atoms with Gasteiger partial charge in [0.15, 0.2) is 0 Å². The maximum absolute atomic E-state index is 12.8. The first-order chi connectivity index (χ1) is 19.4. The summed E-state index contributed by atoms with van der Waals surface area (Å²) < 4.78 is 94.0. The van der Waals surface area contributed by atoms with Crippen molar-refractivity contribution >= 4 is 28.0 Å². The first-order valence-electron chi connectivity index (χ1n) is 11.5. The van der Waals surface area contributed by atoms with Crippen molar-refractivity contribution in [1.29, 1.82) is 0 Å². The first kappa shape index (κ1) is 33.0. The Morgan fingerprint density at radius 3 is 2.05 bits per heavy atom. The topological polar surface area (TPSA) is 111 Å². The summed E-state index contributed by atoms with van der Waals surface area (Å²) >= 11 is 5.87. The molecule has 0 spiro atoms. The van der Waals surface area contributed by atoms with Gasteiger partial charge in [-0.3, -0.25) is 0 Å². The van der Waals surface area contributed by atoms with E-state index in [4.69, 9.17) is 29.0 Å². The Labute approximate surface area is 238 Å². The molecule has 0 radical (unpaired) electrons. The number of benzene rings is 2. The van der Waals surface area contributed by atoms with Gasteiger partial charge in [0.1, 0.15) is 28.6 Å². The number of hydrogen-bond acceptors (Lipinski definition) is 8. The van der Waals surface area contributed by atoms with E-state index < -0.39 is 34.5 Å². The number of pyridine rings is 1. The minimum absolute atomic E-state index is 0.0330. The summed E-state index contributed by atoms with van der Waals surface area (Å²) in [7, 11) is -3.11. The van der Waals surface area contributed by atoms with Crippen LogP contribution in [0.2, 0.25) is 5.02 Å². The molecular weight excluding hydrogens is 595 g/mol. The summed E-state index contributed by atoms with van der Waals surface area (Å²) in [4.78, 5) is 11.0. The van der Waals surface area contributed by atoms with E-state index in [2.05, 4.69) is 39.3 Å². The highest BCUT2D eigenvalue weighted by Crippen LogP contribution is 2.31. The van der Waals surface area contributed by atoms with Crippen molar-refractivity contribution in [2.45, 2.75) is 25.9 Å². The molecule has 15 heteroatoms. The van der Waals surface area contributed by atoms with Gasteiger partial charge in [-0.1, -0.05) is 59.6 Å². The fourth-order valence-corrected chi connectivity index (χ4v) is 3.22. The minimum Gasteiger partial charge on any atom is -0.439 e. The number of nitrogens with zero attached hydrogens (tertiary/aromatic N) is 3. The average molecular weight is 617 g/mol. The predicted octanol–water partition coefficient (Wildman–Crippen LogP) is 6.92. The average Bonchev–Trinajstić information content (AvgIpc) is 2.91. The Kier molecular flexibility index (Phi) is 13.0. The molecule has 0 unspecified atom stereocenters. The van der Waals surface area contributed by atoms with Gasteiger partial charge in [0.05, 0.1) is 5.56 Å². The maximum Gasteiger partial charge on any atom is 0.425 e. The van der Waals surface area contributed by atoms with Gasteiger partial charge in [0.2, 0.25) is 5.88 Å². The first-order valence-corrected chi connectivity index (χ1v) is 12.9. The summed E-state index contributed by atoms with van der Waals surface area (Å²) in [5.41, 5.74) is 0.826. The van der Waals surface area contributed by atoms with Crippen LogP contribution in [0.15, 0.2) is 79.3 Å². The lowest BCUT2D eigenvalue weighted by molar-refractivity contribution is -0.137. The number of nitrogens with one attached hydrogen (secondary N) is 1. The van der Waals surface area contributed by atoms with Crippen molar-refractivity contribution < 1.29 is 39.3 Å². The zero-order chi connectivity index (χ0) is 30.4. The third-order valence-electron chi connectivity index (χ3n) is 4.88. The van der Waals surface area contributed by atoms with Crippen LogP contribution in [-0.2, 0) is 23.2 Å². The SMILES string of the molecule is Cc1ccccc1.FC(F)c1ncnc(NCCc2ccc(Oc3ccc(C(F)(F)F)cn3)cc2)c1Cl.O=S(=O)=O. The van der Waals surface area contributed by atoms with Crippen LogP contribution in [0.3, 0.4) is 0 Å². The van der Waals surface area contributed by atoms with Gasteiger partial charge in [-0.15, -0.1) is 12.6 Å². The van der Waals surface area contributed by atoms with Gasteiger partial charge in [-0.25, -0.2) is 23.7 Å². The third kappa shape index (κ3) is 12.3. The normalized spacial score (nSPS) is 10.5. The van der Waals surface area contributed by atoms with E-state index in [1.165, 1.54) is 5.56 Å². The molecule has 0 saturated carbocycles. The monoisotopic (exact) mass is 616 g/mol. The van der Waals surface area contributed by atoms with Gasteiger partial charge in [0.25, 0.3) is 6.43 Å². The second kappa shape index (κ2) is 16.2. The highest BCUT2D eigenvalue weighted by molar-refractivity contribution is 7.59. The van der Waals surface area contributed by atoms with Crippen LogP contribution in [0.4, 0.5) is 27.8 Å². The number of aromatic nitrogens is 3. The standard InChI is InChI=1S/C19H14ClF5N4O.C7H8.O3S/c20-15-16(17(21)22)28-10-29-18(15)26-8-7-11-1-4-13(5-2-11)30-14-6-3-12(9-27-14)19(23,24)25;1-7-5-3-2-4-6-7;1-4(2)3/h1-6,9-10,17H,7-8H2,(H,26,28,29);2-6H,1H3;. The smallest absolute Gasteiger partial charge is 0.425 e. The molecule has 4 rings (SSSR count). The predicted molar refractivity (Wildman–Crippen MR) is 141 cm³/mol. The Morgan fingerprint density at radius 2 is 1.56 bits per heavy atom. The molecule has 0 aliphatic rings. The van der Waals surface area contributed by atoms with Crippen molar-refractivity contribution in [3.63, 3.8) is 0 Å². The van der Waals surface area contributed by atoms with Crippen LogP contribution in [-0.4, -0.2) is 34.1 Å². The van der Waals surface area contributed by atoms with Crippen LogP contribution in [0.5, 0.6) is 11.6 Å². The lowest BCUT2D eigenvalue weighted by atomic mass is 10.1. The van der Waals surface area contributed by atoms with Crippen LogP contribution in [0.1, 0.15) is 28.8 Å². The number of rotatable bonds is 7. The number of halogens is 6. The second-order valence-electron chi connectivity index (χ2n) is 7.89. The minimum atomic E-state index is -4.46. The zero-order valence-corrected chi connectivity index (χ0v) is 22.7. The van der Waals surface area contributed by atoms with Crippen molar-refractivity contribution in [3.8, 4) is 11.6 Å². The van der Waals surface area contributed by atoms with Crippen molar-refractivity contribution in [2.75, 3.05) is 11.9 Å². The molecule has 2 aromatic heterocycles. The van der Waals surface area contributed by atoms with Crippen LogP contribution >= 0.6 is 11.6 Å². The molecule has 8 nitrogen and oxygen atoms in total. The molecular formula is C26H22ClF5N4O4S. The molecule has 0 bridgehead atoms. The van der Waals surface area contributed by atoms with Crippen molar-refractivity contribution in [3.05, 3.63) is 107 Å². The van der Waals surface area contributed by atoms with E-state index >= 15 is 0 Å². The molecule has 0 amide bonds. The molecule has 0 fully saturated rings. The maximum atomic E-state index is 12.8.